The van der Waals surface area contributed by atoms with Crippen LogP contribution in [0.5, 0.6) is 5.75 Å². The number of carbonyl (C=O) groups excluding carboxylic acids is 2. The van der Waals surface area contributed by atoms with E-state index in [1.165, 1.54) is 24.3 Å². The van der Waals surface area contributed by atoms with E-state index in [1.54, 1.807) is 36.1 Å². The van der Waals surface area contributed by atoms with Crippen molar-refractivity contribution in [2.75, 3.05) is 5.32 Å². The summed E-state index contributed by atoms with van der Waals surface area (Å²) in [7, 11) is 0. The molecule has 1 aliphatic rings. The number of nitrogens with one attached hydrogen (secondary N) is 1. The van der Waals surface area contributed by atoms with Gasteiger partial charge in [0.1, 0.15) is 11.6 Å². The minimum atomic E-state index is -0.650. The molecule has 0 radical (unpaired) electrons. The third-order valence-electron chi connectivity index (χ3n) is 5.07. The molecule has 0 aliphatic carbocycles. The summed E-state index contributed by atoms with van der Waals surface area (Å²) in [6, 6.07) is 17.9. The summed E-state index contributed by atoms with van der Waals surface area (Å²) < 4.78 is 18.9. The summed E-state index contributed by atoms with van der Waals surface area (Å²) in [5, 5.41) is 3.39. The third kappa shape index (κ3) is 4.70. The molecule has 3 aromatic carbocycles. The van der Waals surface area contributed by atoms with Crippen molar-refractivity contribution in [2.24, 2.45) is 0 Å². The summed E-state index contributed by atoms with van der Waals surface area (Å²) in [6.45, 7) is 2.36. The highest BCUT2D eigenvalue weighted by atomic mass is 35.5. The van der Waals surface area contributed by atoms with Gasteiger partial charge < -0.3 is 15.0 Å². The number of ether oxygens (including phenoxy) is 1. The van der Waals surface area contributed by atoms with E-state index in [-0.39, 0.29) is 11.8 Å². The zero-order chi connectivity index (χ0) is 22.0. The monoisotopic (exact) mass is 438 g/mol. The van der Waals surface area contributed by atoms with Crippen molar-refractivity contribution in [1.82, 2.24) is 4.90 Å². The average molecular weight is 439 g/mol. The van der Waals surface area contributed by atoms with E-state index in [1.807, 2.05) is 18.2 Å². The second-order valence-corrected chi connectivity index (χ2v) is 7.74. The first-order valence-electron chi connectivity index (χ1n) is 9.79. The molecule has 1 aliphatic heterocycles. The van der Waals surface area contributed by atoms with Crippen molar-refractivity contribution in [3.8, 4) is 5.75 Å². The van der Waals surface area contributed by atoms with Gasteiger partial charge in [-0.15, -0.1) is 0 Å². The Morgan fingerprint density at radius 1 is 1.16 bits per heavy atom. The minimum Gasteiger partial charge on any atom is -0.481 e. The lowest BCUT2D eigenvalue weighted by molar-refractivity contribution is -0.138. The number of fused-ring (bicyclic) bond motifs is 1. The molecule has 1 unspecified atom stereocenters. The van der Waals surface area contributed by atoms with Crippen molar-refractivity contribution in [2.45, 2.75) is 26.1 Å². The van der Waals surface area contributed by atoms with Gasteiger partial charge in [-0.25, -0.2) is 4.39 Å². The number of rotatable bonds is 4. The Bertz CT molecular complexity index is 1130. The van der Waals surface area contributed by atoms with Crippen LogP contribution in [0, 0.1) is 5.82 Å². The fourth-order valence-corrected chi connectivity index (χ4v) is 3.64. The zero-order valence-corrected chi connectivity index (χ0v) is 17.5. The number of amides is 2. The van der Waals surface area contributed by atoms with E-state index < -0.39 is 11.9 Å². The predicted molar refractivity (Wildman–Crippen MR) is 117 cm³/mol. The Morgan fingerprint density at radius 2 is 1.90 bits per heavy atom. The highest BCUT2D eigenvalue weighted by Crippen LogP contribution is 2.30. The van der Waals surface area contributed by atoms with Crippen molar-refractivity contribution in [3.05, 3.63) is 94.3 Å². The topological polar surface area (TPSA) is 58.6 Å². The first-order chi connectivity index (χ1) is 14.9. The van der Waals surface area contributed by atoms with E-state index in [9.17, 15) is 14.0 Å². The predicted octanol–water partition coefficient (Wildman–Crippen LogP) is 5.04. The maximum atomic E-state index is 13.1. The molecule has 3 aromatic rings. The maximum absolute atomic E-state index is 13.1. The lowest BCUT2D eigenvalue weighted by Crippen LogP contribution is -2.37. The van der Waals surface area contributed by atoms with Crippen LogP contribution in [0.3, 0.4) is 0 Å². The molecular formula is C24H20ClFN2O3. The lowest BCUT2D eigenvalue weighted by atomic mass is 10.1. The molecule has 0 spiro atoms. The number of carbonyl (C=O) groups is 2. The molecule has 0 fully saturated rings. The highest BCUT2D eigenvalue weighted by Gasteiger charge is 2.28. The van der Waals surface area contributed by atoms with E-state index in [0.29, 0.717) is 35.1 Å². The number of benzene rings is 3. The van der Waals surface area contributed by atoms with Gasteiger partial charge in [-0.05, 0) is 61.0 Å². The number of nitrogens with zero attached hydrogens (tertiary/aromatic N) is 1. The molecule has 7 heteroatoms. The van der Waals surface area contributed by atoms with Gasteiger partial charge in [0.05, 0.1) is 0 Å². The molecule has 158 valence electrons. The number of hydrogen-bond acceptors (Lipinski definition) is 3. The quantitative estimate of drug-likeness (QED) is 0.620. The minimum absolute atomic E-state index is 0.145. The van der Waals surface area contributed by atoms with Crippen LogP contribution in [-0.2, 0) is 17.9 Å². The molecule has 31 heavy (non-hydrogen) atoms. The normalized spacial score (nSPS) is 15.6. The van der Waals surface area contributed by atoms with Gasteiger partial charge in [0.2, 0.25) is 0 Å². The fourth-order valence-electron chi connectivity index (χ4n) is 3.45. The van der Waals surface area contributed by atoms with E-state index in [4.69, 9.17) is 16.3 Å². The Labute approximate surface area is 184 Å². The molecule has 1 N–H and O–H groups in total. The zero-order valence-electron chi connectivity index (χ0n) is 16.8. The van der Waals surface area contributed by atoms with Gasteiger partial charge in [0, 0.05) is 34.9 Å². The number of halogens is 2. The Hall–Kier alpha value is -3.38. The van der Waals surface area contributed by atoms with Crippen LogP contribution in [0.25, 0.3) is 0 Å². The fraction of sp³-hybridized carbons (Fsp3) is 0.167. The summed E-state index contributed by atoms with van der Waals surface area (Å²) >= 11 is 6.28. The molecule has 4 rings (SSSR count). The Balaban J connectivity index is 1.57. The number of hydrogen-bond donors (Lipinski definition) is 1. The van der Waals surface area contributed by atoms with Crippen LogP contribution >= 0.6 is 11.6 Å². The van der Waals surface area contributed by atoms with E-state index in [2.05, 4.69) is 5.32 Å². The van der Waals surface area contributed by atoms with Crippen LogP contribution in [0.1, 0.15) is 28.4 Å². The van der Waals surface area contributed by atoms with Crippen LogP contribution in [0.15, 0.2) is 66.7 Å². The molecule has 0 saturated carbocycles. The van der Waals surface area contributed by atoms with Crippen LogP contribution < -0.4 is 10.1 Å². The molecule has 0 bridgehead atoms. The number of anilines is 1. The van der Waals surface area contributed by atoms with Gasteiger partial charge in [-0.1, -0.05) is 29.8 Å². The van der Waals surface area contributed by atoms with Crippen molar-refractivity contribution >= 4 is 29.1 Å². The van der Waals surface area contributed by atoms with Gasteiger partial charge in [0.25, 0.3) is 11.8 Å². The molecule has 1 atom stereocenters. The summed E-state index contributed by atoms with van der Waals surface area (Å²) in [5.41, 5.74) is 2.50. The molecule has 5 nitrogen and oxygen atoms in total. The van der Waals surface area contributed by atoms with Crippen molar-refractivity contribution in [3.63, 3.8) is 0 Å². The first kappa shape index (κ1) is 20.9. The van der Waals surface area contributed by atoms with E-state index in [0.717, 1.165) is 11.1 Å². The van der Waals surface area contributed by atoms with E-state index >= 15 is 0 Å². The summed E-state index contributed by atoms with van der Waals surface area (Å²) in [6.07, 6.45) is -0.650. The van der Waals surface area contributed by atoms with Crippen LogP contribution in [0.4, 0.5) is 10.1 Å². The van der Waals surface area contributed by atoms with Crippen molar-refractivity contribution < 1.29 is 18.7 Å². The standard InChI is InChI=1S/C24H20ClFN2O3/c1-15-24(30)28(13-17-4-2-3-5-21(17)25)14-18-12-20(10-11-22(18)31-15)27-23(29)16-6-8-19(26)9-7-16/h2-12,15H,13-14H2,1H3,(H,27,29). The molecule has 1 heterocycles. The Morgan fingerprint density at radius 3 is 2.65 bits per heavy atom. The molecule has 0 aromatic heterocycles. The van der Waals surface area contributed by atoms with Crippen LogP contribution in [-0.4, -0.2) is 22.8 Å². The SMILES string of the molecule is CC1Oc2ccc(NC(=O)c3ccc(F)cc3)cc2CN(Cc2ccccc2Cl)C1=O. The molecule has 2 amide bonds. The maximum Gasteiger partial charge on any atom is 0.263 e. The Kier molecular flexibility index (Phi) is 5.91. The second kappa shape index (κ2) is 8.78. The molecule has 0 saturated heterocycles. The van der Waals surface area contributed by atoms with Gasteiger partial charge in [-0.3, -0.25) is 9.59 Å². The molecular weight excluding hydrogens is 419 g/mol. The summed E-state index contributed by atoms with van der Waals surface area (Å²) in [5.74, 6) is -0.321. The third-order valence-corrected chi connectivity index (χ3v) is 5.44. The second-order valence-electron chi connectivity index (χ2n) is 7.33. The average Bonchev–Trinajstić information content (AvgIpc) is 2.87. The first-order valence-corrected chi connectivity index (χ1v) is 10.2. The highest BCUT2D eigenvalue weighted by molar-refractivity contribution is 6.31. The van der Waals surface area contributed by atoms with Crippen molar-refractivity contribution in [1.29, 1.82) is 0 Å². The van der Waals surface area contributed by atoms with Gasteiger partial charge in [-0.2, -0.15) is 0 Å². The van der Waals surface area contributed by atoms with Crippen LogP contribution in [0.2, 0.25) is 5.02 Å². The van der Waals surface area contributed by atoms with Gasteiger partial charge in [0.15, 0.2) is 6.10 Å². The smallest absolute Gasteiger partial charge is 0.263 e. The lowest BCUT2D eigenvalue weighted by Gasteiger charge is -2.22. The van der Waals surface area contributed by atoms with Gasteiger partial charge >= 0.3 is 0 Å². The summed E-state index contributed by atoms with van der Waals surface area (Å²) in [4.78, 5) is 27.0. The largest absolute Gasteiger partial charge is 0.481 e.